The van der Waals surface area contributed by atoms with E-state index in [0.29, 0.717) is 27.6 Å². The highest BCUT2D eigenvalue weighted by Crippen LogP contribution is 2.33. The van der Waals surface area contributed by atoms with E-state index >= 15 is 4.39 Å². The number of likely N-dealkylation sites (N-methyl/N-ethyl adjacent to an activating group) is 1. The molecular formula is C29H28Cl2FNO5. The number of carbonyl (C=O) groups is 3. The molecule has 0 aliphatic rings. The van der Waals surface area contributed by atoms with E-state index in [0.717, 1.165) is 11.1 Å². The highest BCUT2D eigenvalue weighted by atomic mass is 35.5. The van der Waals surface area contributed by atoms with Gasteiger partial charge in [0.1, 0.15) is 5.82 Å². The van der Waals surface area contributed by atoms with Gasteiger partial charge in [-0.15, -0.1) is 0 Å². The van der Waals surface area contributed by atoms with Crippen LogP contribution in [0.1, 0.15) is 36.8 Å². The van der Waals surface area contributed by atoms with Gasteiger partial charge >= 0.3 is 11.9 Å². The molecule has 3 rings (SSSR count). The van der Waals surface area contributed by atoms with Crippen LogP contribution in [-0.4, -0.2) is 46.0 Å². The highest BCUT2D eigenvalue weighted by molar-refractivity contribution is 6.42. The van der Waals surface area contributed by atoms with Gasteiger partial charge in [-0.25, -0.2) is 4.39 Å². The second-order valence-electron chi connectivity index (χ2n) is 9.25. The van der Waals surface area contributed by atoms with Crippen molar-refractivity contribution >= 4 is 41.0 Å². The van der Waals surface area contributed by atoms with E-state index < -0.39 is 54.4 Å². The molecule has 6 nitrogen and oxygen atoms in total. The third-order valence-corrected chi connectivity index (χ3v) is 7.46. The van der Waals surface area contributed by atoms with Crippen molar-refractivity contribution in [2.45, 2.75) is 38.1 Å². The normalized spacial score (nSPS) is 13.4. The molecule has 2 N–H and O–H groups in total. The van der Waals surface area contributed by atoms with Crippen LogP contribution in [0.4, 0.5) is 4.39 Å². The van der Waals surface area contributed by atoms with Crippen LogP contribution < -0.4 is 0 Å². The monoisotopic (exact) mass is 559 g/mol. The molecule has 0 aromatic heterocycles. The molecule has 0 radical (unpaired) electrons. The molecule has 0 heterocycles. The minimum Gasteiger partial charge on any atom is -0.481 e. The third kappa shape index (κ3) is 7.33. The van der Waals surface area contributed by atoms with Gasteiger partial charge in [0.15, 0.2) is 0 Å². The fraction of sp³-hybridized carbons (Fsp3) is 0.276. The molecule has 3 atom stereocenters. The lowest BCUT2D eigenvalue weighted by Crippen LogP contribution is -2.41. The predicted octanol–water partition coefficient (Wildman–Crippen LogP) is 6.54. The van der Waals surface area contributed by atoms with Gasteiger partial charge in [-0.2, -0.15) is 0 Å². The Morgan fingerprint density at radius 1 is 0.921 bits per heavy atom. The number of hydrogen-bond donors (Lipinski definition) is 2. The van der Waals surface area contributed by atoms with E-state index in [2.05, 4.69) is 0 Å². The number of nitrogens with zero attached hydrogens (tertiary/aromatic N) is 1. The lowest BCUT2D eigenvalue weighted by Gasteiger charge is -2.33. The number of rotatable bonds is 11. The van der Waals surface area contributed by atoms with Gasteiger partial charge in [-0.1, -0.05) is 71.7 Å². The minimum absolute atomic E-state index is 0.364. The molecule has 3 aromatic rings. The van der Waals surface area contributed by atoms with Crippen molar-refractivity contribution in [2.75, 3.05) is 7.05 Å². The summed E-state index contributed by atoms with van der Waals surface area (Å²) < 4.78 is 15.3. The standard InChI is InChI=1S/C29H28Cl2FNO5/c1-17(33(2)27(34)15-21(29(37)38)16-28(35)36)23(12-18-8-11-24(30)25(31)13-18)20-9-10-22(26(32)14-20)19-6-4-3-5-7-19/h3-11,13-14,17,21,23H,12,15-16H2,1-2H3,(H,35,36)(H,37,38)/t17-,21-,23+/m0/s1. The van der Waals surface area contributed by atoms with E-state index in [4.69, 9.17) is 28.3 Å². The highest BCUT2D eigenvalue weighted by Gasteiger charge is 2.31. The molecule has 200 valence electrons. The molecule has 0 saturated heterocycles. The number of benzene rings is 3. The van der Waals surface area contributed by atoms with Crippen LogP contribution in [0.15, 0.2) is 66.7 Å². The van der Waals surface area contributed by atoms with Crippen LogP contribution in [0.2, 0.25) is 10.0 Å². The fourth-order valence-corrected chi connectivity index (χ4v) is 4.73. The molecule has 0 aliphatic carbocycles. The van der Waals surface area contributed by atoms with Crippen LogP contribution in [0.25, 0.3) is 11.1 Å². The molecule has 0 spiro atoms. The van der Waals surface area contributed by atoms with E-state index in [9.17, 15) is 19.5 Å². The number of carboxylic acid groups (broad SMARTS) is 2. The van der Waals surface area contributed by atoms with Gasteiger partial charge in [0, 0.05) is 31.0 Å². The van der Waals surface area contributed by atoms with Crippen molar-refractivity contribution in [3.63, 3.8) is 0 Å². The molecule has 0 aliphatic heterocycles. The molecule has 3 aromatic carbocycles. The van der Waals surface area contributed by atoms with Crippen molar-refractivity contribution in [1.82, 2.24) is 4.90 Å². The van der Waals surface area contributed by atoms with Gasteiger partial charge in [0.25, 0.3) is 0 Å². The quantitative estimate of drug-likeness (QED) is 0.278. The third-order valence-electron chi connectivity index (χ3n) is 6.72. The van der Waals surface area contributed by atoms with Crippen molar-refractivity contribution in [2.24, 2.45) is 5.92 Å². The maximum absolute atomic E-state index is 15.3. The van der Waals surface area contributed by atoms with Crippen LogP contribution in [0, 0.1) is 11.7 Å². The summed E-state index contributed by atoms with van der Waals surface area (Å²) in [7, 11) is 1.53. The number of halogens is 3. The van der Waals surface area contributed by atoms with Crippen molar-refractivity contribution in [3.8, 4) is 11.1 Å². The Morgan fingerprint density at radius 2 is 1.61 bits per heavy atom. The summed E-state index contributed by atoms with van der Waals surface area (Å²) >= 11 is 12.3. The summed E-state index contributed by atoms with van der Waals surface area (Å²) in [5.41, 5.74) is 2.63. The SMILES string of the molecule is C[C@@H]([C@@H](Cc1ccc(Cl)c(Cl)c1)c1ccc(-c2ccccc2)c(F)c1)N(C)C(=O)C[C@@H](CC(=O)O)C(=O)O. The fourth-order valence-electron chi connectivity index (χ4n) is 4.41. The lowest BCUT2D eigenvalue weighted by atomic mass is 9.84. The molecule has 0 saturated carbocycles. The van der Waals surface area contributed by atoms with Crippen LogP contribution in [-0.2, 0) is 20.8 Å². The van der Waals surface area contributed by atoms with E-state index in [1.165, 1.54) is 18.0 Å². The number of amides is 1. The number of carbonyl (C=O) groups excluding carboxylic acids is 1. The van der Waals surface area contributed by atoms with Gasteiger partial charge in [0.05, 0.1) is 22.4 Å². The second kappa shape index (κ2) is 12.9. The van der Waals surface area contributed by atoms with Gasteiger partial charge < -0.3 is 15.1 Å². The largest absolute Gasteiger partial charge is 0.481 e. The number of hydrogen-bond acceptors (Lipinski definition) is 3. The Bertz CT molecular complexity index is 1320. The van der Waals surface area contributed by atoms with Crippen LogP contribution >= 0.6 is 23.2 Å². The maximum Gasteiger partial charge on any atom is 0.307 e. The van der Waals surface area contributed by atoms with Crippen molar-refractivity contribution in [1.29, 1.82) is 0 Å². The first-order chi connectivity index (χ1) is 18.0. The number of aliphatic carboxylic acids is 2. The summed E-state index contributed by atoms with van der Waals surface area (Å²) in [4.78, 5) is 37.0. The summed E-state index contributed by atoms with van der Waals surface area (Å²) in [5, 5.41) is 19.2. The Balaban J connectivity index is 1.94. The summed E-state index contributed by atoms with van der Waals surface area (Å²) in [6.07, 6.45) is -0.747. The molecule has 1 amide bonds. The van der Waals surface area contributed by atoms with Gasteiger partial charge in [-0.3, -0.25) is 14.4 Å². The van der Waals surface area contributed by atoms with Crippen molar-refractivity contribution in [3.05, 3.63) is 93.7 Å². The topological polar surface area (TPSA) is 94.9 Å². The van der Waals surface area contributed by atoms with Crippen LogP contribution in [0.3, 0.4) is 0 Å². The zero-order valence-corrected chi connectivity index (χ0v) is 22.4. The average molecular weight is 560 g/mol. The molecule has 9 heteroatoms. The summed E-state index contributed by atoms with van der Waals surface area (Å²) in [6, 6.07) is 18.8. The zero-order chi connectivity index (χ0) is 28.0. The zero-order valence-electron chi connectivity index (χ0n) is 20.9. The van der Waals surface area contributed by atoms with Crippen molar-refractivity contribution < 1.29 is 29.0 Å². The van der Waals surface area contributed by atoms with Gasteiger partial charge in [-0.05, 0) is 48.2 Å². The lowest BCUT2D eigenvalue weighted by molar-refractivity contribution is -0.151. The minimum atomic E-state index is -1.36. The second-order valence-corrected chi connectivity index (χ2v) is 10.1. The van der Waals surface area contributed by atoms with E-state index in [1.807, 2.05) is 36.4 Å². The predicted molar refractivity (Wildman–Crippen MR) is 145 cm³/mol. The Kier molecular flexibility index (Phi) is 9.89. The Morgan fingerprint density at radius 3 is 2.18 bits per heavy atom. The average Bonchev–Trinajstić information content (AvgIpc) is 2.88. The van der Waals surface area contributed by atoms with E-state index in [-0.39, 0.29) is 0 Å². The first-order valence-electron chi connectivity index (χ1n) is 12.0. The first kappa shape index (κ1) is 29.1. The van der Waals surface area contributed by atoms with E-state index in [1.54, 1.807) is 31.2 Å². The molecule has 0 bridgehead atoms. The van der Waals surface area contributed by atoms with Gasteiger partial charge in [0.2, 0.25) is 5.91 Å². The maximum atomic E-state index is 15.3. The first-order valence-corrected chi connectivity index (χ1v) is 12.7. The smallest absolute Gasteiger partial charge is 0.307 e. The number of carboxylic acids is 2. The molecule has 0 fully saturated rings. The van der Waals surface area contributed by atoms with Crippen LogP contribution in [0.5, 0.6) is 0 Å². The summed E-state index contributed by atoms with van der Waals surface area (Å²) in [6.45, 7) is 1.79. The molecular weight excluding hydrogens is 532 g/mol. The molecule has 0 unspecified atom stereocenters. The summed E-state index contributed by atoms with van der Waals surface area (Å²) in [5.74, 6) is -5.35. The Hall–Kier alpha value is -3.42. The molecule has 38 heavy (non-hydrogen) atoms. The Labute approximate surface area is 230 Å².